The van der Waals surface area contributed by atoms with Crippen molar-refractivity contribution < 1.29 is 38.1 Å². The van der Waals surface area contributed by atoms with E-state index < -0.39 is 23.9 Å². The van der Waals surface area contributed by atoms with Crippen molar-refractivity contribution in [2.75, 3.05) is 28.4 Å². The van der Waals surface area contributed by atoms with Crippen LogP contribution in [0.1, 0.15) is 64.5 Å². The highest BCUT2D eigenvalue weighted by molar-refractivity contribution is 5.96. The largest absolute Gasteiger partial charge is 0.464 e. The number of para-hydroxylation sites is 2. The fraction of sp³-hybridized carbons (Fsp3) is 0.0952. The van der Waals surface area contributed by atoms with Gasteiger partial charge in [0.15, 0.2) is 22.8 Å². The molecule has 0 aliphatic carbocycles. The van der Waals surface area contributed by atoms with Crippen LogP contribution in [0.2, 0.25) is 0 Å². The predicted octanol–water partition coefficient (Wildman–Crippen LogP) is 5.25. The Labute approximate surface area is 340 Å². The lowest BCUT2D eigenvalue weighted by Crippen LogP contribution is -2.13. The van der Waals surface area contributed by atoms with Crippen LogP contribution in [0.4, 0.5) is 0 Å². The van der Waals surface area contributed by atoms with Gasteiger partial charge in [0.25, 0.3) is 0 Å². The molecule has 7 rings (SSSR count). The quantitative estimate of drug-likeness (QED) is 0.114. The summed E-state index contributed by atoms with van der Waals surface area (Å²) in [6.45, 7) is 0. The second-order valence-electron chi connectivity index (χ2n) is 12.4. The van der Waals surface area contributed by atoms with Crippen LogP contribution in [-0.4, -0.2) is 103 Å². The number of carbonyl (C=O) groups is 4. The molecule has 0 bridgehead atoms. The normalized spacial score (nSPS) is 11.1. The van der Waals surface area contributed by atoms with E-state index in [2.05, 4.69) is 20.4 Å². The summed E-state index contributed by atoms with van der Waals surface area (Å²) in [5, 5.41) is 34.7. The number of esters is 4. The van der Waals surface area contributed by atoms with Crippen LogP contribution in [0.5, 0.6) is 0 Å². The molecule has 0 N–H and O–H groups in total. The van der Waals surface area contributed by atoms with Crippen molar-refractivity contribution in [3.05, 3.63) is 142 Å². The molecule has 0 saturated heterocycles. The highest BCUT2D eigenvalue weighted by Crippen LogP contribution is 2.30. The molecule has 60 heavy (non-hydrogen) atoms. The second kappa shape index (κ2) is 17.7. The van der Waals surface area contributed by atoms with E-state index in [0.717, 1.165) is 0 Å². The lowest BCUT2D eigenvalue weighted by Gasteiger charge is -2.05. The number of benzene rings is 3. The molecule has 18 heteroatoms. The summed E-state index contributed by atoms with van der Waals surface area (Å²) < 4.78 is 19.4. The van der Waals surface area contributed by atoms with Crippen molar-refractivity contribution in [3.63, 3.8) is 0 Å². The number of hydrogen-bond donors (Lipinski definition) is 0. The van der Waals surface area contributed by atoms with Gasteiger partial charge in [-0.15, -0.1) is 40.8 Å². The topological polar surface area (TPSA) is 218 Å². The van der Waals surface area contributed by atoms with Gasteiger partial charge in [0.1, 0.15) is 22.8 Å². The first-order chi connectivity index (χ1) is 29.2. The molecule has 0 amide bonds. The van der Waals surface area contributed by atoms with Crippen LogP contribution in [0, 0.1) is 0 Å². The first-order valence-electron chi connectivity index (χ1n) is 17.8. The van der Waals surface area contributed by atoms with Crippen molar-refractivity contribution in [1.29, 1.82) is 0 Å². The van der Waals surface area contributed by atoms with Crippen molar-refractivity contribution in [1.82, 2.24) is 50.4 Å². The average Bonchev–Trinajstić information content (AvgIpc) is 3.95. The maximum atomic E-state index is 12.6. The lowest BCUT2D eigenvalue weighted by molar-refractivity contribution is 0.0573. The third-order valence-corrected chi connectivity index (χ3v) is 8.70. The Bertz CT molecular complexity index is 2610. The van der Waals surface area contributed by atoms with Gasteiger partial charge in [0, 0.05) is 22.3 Å². The maximum Gasteiger partial charge on any atom is 0.359 e. The molecule has 0 aliphatic heterocycles. The van der Waals surface area contributed by atoms with Crippen molar-refractivity contribution in [2.24, 2.45) is 0 Å². The zero-order chi connectivity index (χ0) is 42.2. The van der Waals surface area contributed by atoms with Crippen molar-refractivity contribution >= 4 is 48.2 Å². The van der Waals surface area contributed by atoms with E-state index in [1.165, 1.54) is 50.2 Å². The maximum absolute atomic E-state index is 12.6. The van der Waals surface area contributed by atoms with Gasteiger partial charge < -0.3 is 18.9 Å². The Kier molecular flexibility index (Phi) is 11.7. The van der Waals surface area contributed by atoms with Crippen LogP contribution >= 0.6 is 0 Å². The fourth-order valence-electron chi connectivity index (χ4n) is 5.76. The summed E-state index contributed by atoms with van der Waals surface area (Å²) in [7, 11) is 4.83. The first kappa shape index (κ1) is 39.7. The van der Waals surface area contributed by atoms with Gasteiger partial charge >= 0.3 is 23.9 Å². The molecular weight excluding hydrogens is 773 g/mol. The Balaban J connectivity index is 1.35. The molecule has 0 atom stereocenters. The molecule has 0 aliphatic rings. The highest BCUT2D eigenvalue weighted by atomic mass is 16.5. The summed E-state index contributed by atoms with van der Waals surface area (Å²) in [5.41, 5.74) is 4.20. The molecule has 298 valence electrons. The Hall–Kier alpha value is -8.54. The first-order valence-corrected chi connectivity index (χ1v) is 17.8. The van der Waals surface area contributed by atoms with Gasteiger partial charge in [-0.25, -0.2) is 19.2 Å². The third-order valence-electron chi connectivity index (χ3n) is 8.70. The number of ether oxygens (including phenoxy) is 4. The molecule has 4 heterocycles. The van der Waals surface area contributed by atoms with E-state index in [4.69, 9.17) is 39.3 Å². The highest BCUT2D eigenvalue weighted by Gasteiger charge is 2.21. The van der Waals surface area contributed by atoms with Gasteiger partial charge in [-0.3, -0.25) is 0 Å². The number of rotatable bonds is 12. The van der Waals surface area contributed by atoms with E-state index in [9.17, 15) is 19.2 Å². The van der Waals surface area contributed by atoms with Gasteiger partial charge in [0.05, 0.1) is 39.8 Å². The Morgan fingerprint density at radius 3 is 1.23 bits per heavy atom. The van der Waals surface area contributed by atoms with Crippen LogP contribution in [-0.2, 0) is 18.9 Å². The van der Waals surface area contributed by atoms with Crippen LogP contribution in [0.25, 0.3) is 58.2 Å². The lowest BCUT2D eigenvalue weighted by atomic mass is 10.0. The summed E-state index contributed by atoms with van der Waals surface area (Å²) in [6.07, 6.45) is 6.36. The SMILES string of the molecule is COC(=O)c1cc(/C=C/c2nn(-c3ccccc3)nc2-c2cccc(-c3nn(-c4ccccc4)nc3/C=C/c3cc(C(=O)OC)nnc3C(=O)OC)c2)c(C(=O)OC)nn1. The van der Waals surface area contributed by atoms with Crippen LogP contribution in [0.3, 0.4) is 0 Å². The minimum absolute atomic E-state index is 0.121. The molecule has 18 nitrogen and oxygen atoms in total. The van der Waals surface area contributed by atoms with E-state index in [1.807, 2.05) is 84.9 Å². The number of aromatic nitrogens is 10. The molecule has 7 aromatic rings. The minimum Gasteiger partial charge on any atom is -0.464 e. The Morgan fingerprint density at radius 1 is 0.450 bits per heavy atom. The minimum atomic E-state index is -0.765. The molecule has 3 aromatic carbocycles. The van der Waals surface area contributed by atoms with E-state index in [-0.39, 0.29) is 33.9 Å². The monoisotopic (exact) mass is 804 g/mol. The van der Waals surface area contributed by atoms with Crippen molar-refractivity contribution in [2.45, 2.75) is 0 Å². The van der Waals surface area contributed by atoms with Gasteiger partial charge in [-0.05, 0) is 54.6 Å². The summed E-state index contributed by atoms with van der Waals surface area (Å²) in [6, 6.07) is 28.6. The standard InChI is InChI=1S/C42H32N10O8/c1-57-39(53)33-23-27(37(45-43-33)41(55)59-3)18-20-31-35(49-51(47-31)29-14-7-5-8-15-29)25-12-11-13-26(22-25)36-32(48-52(50-36)30-16-9-6-10-17-30)21-19-28-24-34(40(54)58-2)44-46-38(28)42(56)60-4/h5-24H,1-4H3/b20-18+,21-19+. The molecule has 0 saturated carbocycles. The second-order valence-corrected chi connectivity index (χ2v) is 12.4. The molecule has 0 fully saturated rings. The van der Waals surface area contributed by atoms with Crippen molar-refractivity contribution in [3.8, 4) is 33.9 Å². The van der Waals surface area contributed by atoms with Gasteiger partial charge in [-0.2, -0.15) is 9.59 Å². The van der Waals surface area contributed by atoms with Gasteiger partial charge in [-0.1, -0.05) is 66.7 Å². The summed E-state index contributed by atoms with van der Waals surface area (Å²) >= 11 is 0. The average molecular weight is 805 g/mol. The van der Waals surface area contributed by atoms with Crippen LogP contribution < -0.4 is 0 Å². The zero-order valence-electron chi connectivity index (χ0n) is 32.3. The zero-order valence-corrected chi connectivity index (χ0v) is 32.3. The van der Waals surface area contributed by atoms with E-state index in [1.54, 1.807) is 24.3 Å². The third kappa shape index (κ3) is 8.42. The Morgan fingerprint density at radius 2 is 0.850 bits per heavy atom. The van der Waals surface area contributed by atoms with E-state index in [0.29, 0.717) is 45.3 Å². The number of carbonyl (C=O) groups excluding carboxylic acids is 4. The van der Waals surface area contributed by atoms with Gasteiger partial charge in [0.2, 0.25) is 0 Å². The number of methoxy groups -OCH3 is 4. The number of nitrogens with zero attached hydrogens (tertiary/aromatic N) is 10. The summed E-state index contributed by atoms with van der Waals surface area (Å²) in [4.78, 5) is 52.8. The molecule has 4 aromatic heterocycles. The number of hydrogen-bond acceptors (Lipinski definition) is 16. The molecule has 0 unspecified atom stereocenters. The fourth-order valence-corrected chi connectivity index (χ4v) is 5.76. The van der Waals surface area contributed by atoms with Crippen LogP contribution in [0.15, 0.2) is 97.1 Å². The molecule has 0 radical (unpaired) electrons. The molecular formula is C42H32N10O8. The smallest absolute Gasteiger partial charge is 0.359 e. The molecule has 0 spiro atoms. The summed E-state index contributed by atoms with van der Waals surface area (Å²) in [5.74, 6) is -3.02. The predicted molar refractivity (Wildman–Crippen MR) is 214 cm³/mol. The van der Waals surface area contributed by atoms with E-state index >= 15 is 0 Å².